The predicted molar refractivity (Wildman–Crippen MR) is 70.7 cm³/mol. The molecule has 2 aromatic heterocycles. The Hall–Kier alpha value is -2.09. The molecule has 0 unspecified atom stereocenters. The number of fused-ring (bicyclic) bond motifs is 1. The number of nitrogens with one attached hydrogen (secondary N) is 1. The number of anilines is 1. The van der Waals surface area contributed by atoms with E-state index in [0.29, 0.717) is 11.7 Å². The number of nitrogens with two attached hydrogens (primary N) is 1. The molecule has 4 rings (SSSR count). The molecule has 19 heavy (non-hydrogen) atoms. The summed E-state index contributed by atoms with van der Waals surface area (Å²) in [5.74, 6) is 0. The van der Waals surface area contributed by atoms with Crippen LogP contribution in [0.1, 0.15) is 18.9 Å². The van der Waals surface area contributed by atoms with E-state index in [0.717, 1.165) is 33.8 Å². The summed E-state index contributed by atoms with van der Waals surface area (Å²) >= 11 is 1.49. The Morgan fingerprint density at radius 3 is 3.11 bits per heavy atom. The van der Waals surface area contributed by atoms with Crippen molar-refractivity contribution in [1.29, 1.82) is 0 Å². The van der Waals surface area contributed by atoms with E-state index in [4.69, 9.17) is 5.73 Å². The number of tetrazole rings is 1. The molecule has 8 heteroatoms. The molecule has 96 valence electrons. The average molecular weight is 273 g/mol. The molecular weight excluding hydrogens is 262 g/mol. The van der Waals surface area contributed by atoms with Crippen molar-refractivity contribution in [2.75, 3.05) is 5.73 Å². The molecule has 7 nitrogen and oxygen atoms in total. The molecule has 0 saturated heterocycles. The molecule has 0 amide bonds. The Morgan fingerprint density at radius 1 is 1.37 bits per heavy atom. The Morgan fingerprint density at radius 2 is 2.26 bits per heavy atom. The van der Waals surface area contributed by atoms with Gasteiger partial charge in [0.15, 0.2) is 0 Å². The van der Waals surface area contributed by atoms with Crippen molar-refractivity contribution in [3.05, 3.63) is 18.3 Å². The summed E-state index contributed by atoms with van der Waals surface area (Å²) in [6.07, 6.45) is 4.05. The van der Waals surface area contributed by atoms with Crippen LogP contribution >= 0.6 is 11.8 Å². The van der Waals surface area contributed by atoms with Crippen LogP contribution in [0.5, 0.6) is 0 Å². The lowest BCUT2D eigenvalue weighted by Gasteiger charge is -2.05. The molecule has 1 aliphatic carbocycles. The molecule has 0 aliphatic heterocycles. The van der Waals surface area contributed by atoms with Crippen molar-refractivity contribution in [2.24, 2.45) is 0 Å². The Labute approximate surface area is 112 Å². The van der Waals surface area contributed by atoms with Crippen LogP contribution < -0.4 is 5.73 Å². The van der Waals surface area contributed by atoms with Crippen LogP contribution in [0.15, 0.2) is 28.4 Å². The highest BCUT2D eigenvalue weighted by Gasteiger charge is 2.28. The van der Waals surface area contributed by atoms with Crippen molar-refractivity contribution < 1.29 is 0 Å². The largest absolute Gasteiger partial charge is 0.398 e. The normalized spacial score (nSPS) is 15.2. The number of benzene rings is 1. The molecule has 3 N–H and O–H groups in total. The van der Waals surface area contributed by atoms with E-state index < -0.39 is 0 Å². The standard InChI is InChI=1S/C11H11N7S/c12-8-3-6-5-13-14-9(6)4-10(8)19-11-15-16-17-18(11)7-1-2-7/h3-5,7H,1-2,12H2,(H,13,14). The molecule has 0 radical (unpaired) electrons. The fraction of sp³-hybridized carbons (Fsp3) is 0.273. The van der Waals surface area contributed by atoms with Crippen LogP contribution in [0.2, 0.25) is 0 Å². The summed E-state index contributed by atoms with van der Waals surface area (Å²) in [5, 5.41) is 20.6. The number of hydrogen-bond donors (Lipinski definition) is 2. The molecule has 0 atom stereocenters. The van der Waals surface area contributed by atoms with Crippen LogP contribution in [-0.4, -0.2) is 30.4 Å². The van der Waals surface area contributed by atoms with Crippen LogP contribution in [0, 0.1) is 0 Å². The highest BCUT2D eigenvalue weighted by molar-refractivity contribution is 7.99. The zero-order valence-corrected chi connectivity index (χ0v) is 10.8. The molecule has 3 aromatic rings. The van der Waals surface area contributed by atoms with Crippen molar-refractivity contribution in [2.45, 2.75) is 28.9 Å². The van der Waals surface area contributed by atoms with E-state index in [2.05, 4.69) is 25.7 Å². The summed E-state index contributed by atoms with van der Waals surface area (Å²) in [6, 6.07) is 4.34. The summed E-state index contributed by atoms with van der Waals surface area (Å²) in [7, 11) is 0. The predicted octanol–water partition coefficient (Wildman–Crippen LogP) is 1.62. The van der Waals surface area contributed by atoms with E-state index in [1.807, 2.05) is 16.8 Å². The zero-order chi connectivity index (χ0) is 12.8. The maximum absolute atomic E-state index is 6.06. The quantitative estimate of drug-likeness (QED) is 0.704. The number of nitrogens with zero attached hydrogens (tertiary/aromatic N) is 5. The lowest BCUT2D eigenvalue weighted by molar-refractivity contribution is 0.565. The van der Waals surface area contributed by atoms with Crippen molar-refractivity contribution in [1.82, 2.24) is 30.4 Å². The van der Waals surface area contributed by atoms with Crippen LogP contribution in [0.3, 0.4) is 0 Å². The third-order valence-corrected chi connectivity index (χ3v) is 4.15. The first-order valence-electron chi connectivity index (χ1n) is 5.99. The van der Waals surface area contributed by atoms with E-state index in [9.17, 15) is 0 Å². The van der Waals surface area contributed by atoms with Gasteiger partial charge in [0.05, 0.1) is 17.8 Å². The van der Waals surface area contributed by atoms with Crippen molar-refractivity contribution in [3.8, 4) is 0 Å². The number of rotatable bonds is 3. The lowest BCUT2D eigenvalue weighted by Crippen LogP contribution is -1.99. The number of nitrogen functional groups attached to an aromatic ring is 1. The van der Waals surface area contributed by atoms with Gasteiger partial charge in [-0.3, -0.25) is 5.10 Å². The molecule has 1 fully saturated rings. The fourth-order valence-corrected chi connectivity index (χ4v) is 2.88. The van der Waals surface area contributed by atoms with Gasteiger partial charge in [0.1, 0.15) is 0 Å². The third kappa shape index (κ3) is 1.84. The van der Waals surface area contributed by atoms with Gasteiger partial charge >= 0.3 is 0 Å². The molecule has 2 heterocycles. The number of H-pyrrole nitrogens is 1. The molecule has 1 aliphatic rings. The first kappa shape index (κ1) is 10.8. The zero-order valence-electron chi connectivity index (χ0n) is 9.95. The molecular formula is C11H11N7S. The fourth-order valence-electron chi connectivity index (χ4n) is 1.98. The average Bonchev–Trinajstić information content (AvgIpc) is 2.97. The van der Waals surface area contributed by atoms with Gasteiger partial charge in [-0.1, -0.05) is 0 Å². The molecule has 1 saturated carbocycles. The monoisotopic (exact) mass is 273 g/mol. The Balaban J connectivity index is 1.73. The molecule has 0 bridgehead atoms. The van der Waals surface area contributed by atoms with E-state index in [1.165, 1.54) is 11.8 Å². The maximum Gasteiger partial charge on any atom is 0.214 e. The van der Waals surface area contributed by atoms with Crippen molar-refractivity contribution in [3.63, 3.8) is 0 Å². The second-order valence-electron chi connectivity index (χ2n) is 4.59. The lowest BCUT2D eigenvalue weighted by atomic mass is 10.2. The summed E-state index contributed by atoms with van der Waals surface area (Å²) in [4.78, 5) is 0.938. The number of aromatic amines is 1. The van der Waals surface area contributed by atoms with Gasteiger partial charge in [-0.15, -0.1) is 5.10 Å². The SMILES string of the molecule is Nc1cc2cn[nH]c2cc1Sc1nnnn1C1CC1. The minimum absolute atomic E-state index is 0.453. The topological polar surface area (TPSA) is 98.3 Å². The van der Waals surface area contributed by atoms with Gasteiger partial charge in [0.25, 0.3) is 0 Å². The van der Waals surface area contributed by atoms with Gasteiger partial charge in [0.2, 0.25) is 5.16 Å². The Bertz CT molecular complexity index is 742. The second kappa shape index (κ2) is 3.95. The first-order chi connectivity index (χ1) is 9.31. The smallest absolute Gasteiger partial charge is 0.214 e. The summed E-state index contributed by atoms with van der Waals surface area (Å²) in [6.45, 7) is 0. The van der Waals surface area contributed by atoms with Gasteiger partial charge in [-0.05, 0) is 47.2 Å². The van der Waals surface area contributed by atoms with Gasteiger partial charge in [-0.25, -0.2) is 4.68 Å². The minimum Gasteiger partial charge on any atom is -0.398 e. The van der Waals surface area contributed by atoms with Gasteiger partial charge in [0, 0.05) is 16.0 Å². The minimum atomic E-state index is 0.453. The third-order valence-electron chi connectivity index (χ3n) is 3.13. The van der Waals surface area contributed by atoms with Gasteiger partial charge < -0.3 is 5.73 Å². The maximum atomic E-state index is 6.06. The second-order valence-corrected chi connectivity index (χ2v) is 5.60. The molecule has 1 aromatic carbocycles. The first-order valence-corrected chi connectivity index (χ1v) is 6.81. The van der Waals surface area contributed by atoms with E-state index in [-0.39, 0.29) is 0 Å². The van der Waals surface area contributed by atoms with Crippen LogP contribution in [-0.2, 0) is 0 Å². The number of aromatic nitrogens is 6. The Kier molecular flexibility index (Phi) is 2.25. The highest BCUT2D eigenvalue weighted by atomic mass is 32.2. The number of hydrogen-bond acceptors (Lipinski definition) is 6. The summed E-state index contributed by atoms with van der Waals surface area (Å²) < 4.78 is 1.88. The molecule has 0 spiro atoms. The summed E-state index contributed by atoms with van der Waals surface area (Å²) in [5.41, 5.74) is 7.74. The van der Waals surface area contributed by atoms with E-state index >= 15 is 0 Å². The van der Waals surface area contributed by atoms with E-state index in [1.54, 1.807) is 6.20 Å². The van der Waals surface area contributed by atoms with Crippen molar-refractivity contribution >= 4 is 28.4 Å². The van der Waals surface area contributed by atoms with Gasteiger partial charge in [-0.2, -0.15) is 5.10 Å². The van der Waals surface area contributed by atoms with Crippen LogP contribution in [0.4, 0.5) is 5.69 Å². The van der Waals surface area contributed by atoms with Crippen LogP contribution in [0.25, 0.3) is 10.9 Å². The highest BCUT2D eigenvalue weighted by Crippen LogP contribution is 2.39.